The van der Waals surface area contributed by atoms with Gasteiger partial charge in [-0.2, -0.15) is 0 Å². The van der Waals surface area contributed by atoms with Crippen molar-refractivity contribution in [3.05, 3.63) is 24.3 Å². The highest BCUT2D eigenvalue weighted by atomic mass is 16.5. The van der Waals surface area contributed by atoms with Crippen LogP contribution in [0.15, 0.2) is 24.3 Å². The molecule has 1 aromatic rings. The third-order valence-electron chi connectivity index (χ3n) is 2.19. The largest absolute Gasteiger partial charge is 0.489 e. The molecule has 15 heavy (non-hydrogen) atoms. The lowest BCUT2D eigenvalue weighted by Crippen LogP contribution is -2.39. The van der Waals surface area contributed by atoms with Gasteiger partial charge in [-0.1, -0.05) is 12.1 Å². The van der Waals surface area contributed by atoms with Crippen LogP contribution in [0.1, 0.15) is 6.92 Å². The van der Waals surface area contributed by atoms with E-state index < -0.39 is 6.04 Å². The van der Waals surface area contributed by atoms with Gasteiger partial charge in [0, 0.05) is 0 Å². The third kappa shape index (κ3) is 2.03. The van der Waals surface area contributed by atoms with Crippen molar-refractivity contribution in [2.24, 2.45) is 0 Å². The molecule has 0 fully saturated rings. The molecule has 0 saturated carbocycles. The zero-order chi connectivity index (χ0) is 10.7. The van der Waals surface area contributed by atoms with Gasteiger partial charge >= 0.3 is 5.97 Å². The van der Waals surface area contributed by atoms with E-state index in [4.69, 9.17) is 9.47 Å². The van der Waals surface area contributed by atoms with Crippen molar-refractivity contribution in [2.75, 3.05) is 18.5 Å². The molecule has 4 nitrogen and oxygen atoms in total. The molecule has 0 unspecified atom stereocenters. The number of nitrogens with one attached hydrogen (secondary N) is 1. The third-order valence-corrected chi connectivity index (χ3v) is 2.19. The van der Waals surface area contributed by atoms with E-state index in [0.717, 1.165) is 11.4 Å². The molecule has 1 aliphatic rings. The molecule has 0 spiro atoms. The average molecular weight is 207 g/mol. The van der Waals surface area contributed by atoms with Crippen LogP contribution in [-0.4, -0.2) is 25.2 Å². The number of esters is 1. The summed E-state index contributed by atoms with van der Waals surface area (Å²) in [6, 6.07) is 7.12. The molecular weight excluding hydrogens is 194 g/mol. The van der Waals surface area contributed by atoms with Crippen molar-refractivity contribution in [3.8, 4) is 5.75 Å². The number of hydrogen-bond acceptors (Lipinski definition) is 4. The second-order valence-electron chi connectivity index (χ2n) is 3.26. The summed E-state index contributed by atoms with van der Waals surface area (Å²) in [6.45, 7) is 2.49. The monoisotopic (exact) mass is 207 g/mol. The fourth-order valence-corrected chi connectivity index (χ4v) is 1.48. The number of anilines is 1. The van der Waals surface area contributed by atoms with Gasteiger partial charge < -0.3 is 14.8 Å². The van der Waals surface area contributed by atoms with Gasteiger partial charge in [-0.05, 0) is 19.1 Å². The first-order chi connectivity index (χ1) is 7.31. The van der Waals surface area contributed by atoms with E-state index in [1.165, 1.54) is 0 Å². The van der Waals surface area contributed by atoms with Crippen molar-refractivity contribution >= 4 is 11.7 Å². The predicted molar refractivity (Wildman–Crippen MR) is 56.0 cm³/mol. The van der Waals surface area contributed by atoms with Crippen LogP contribution in [0.25, 0.3) is 0 Å². The molecule has 0 aliphatic carbocycles. The molecule has 1 atom stereocenters. The summed E-state index contributed by atoms with van der Waals surface area (Å²) in [5.41, 5.74) is 0.835. The van der Waals surface area contributed by atoms with Gasteiger partial charge in [0.05, 0.1) is 12.3 Å². The molecule has 2 rings (SSSR count). The van der Waals surface area contributed by atoms with Crippen LogP contribution in [-0.2, 0) is 9.53 Å². The molecule has 0 aromatic heterocycles. The van der Waals surface area contributed by atoms with E-state index in [0.29, 0.717) is 13.2 Å². The second kappa shape index (κ2) is 4.21. The maximum atomic E-state index is 11.4. The van der Waals surface area contributed by atoms with Crippen LogP contribution in [0.4, 0.5) is 5.69 Å². The van der Waals surface area contributed by atoms with E-state index >= 15 is 0 Å². The van der Waals surface area contributed by atoms with Crippen molar-refractivity contribution < 1.29 is 14.3 Å². The van der Waals surface area contributed by atoms with E-state index in [-0.39, 0.29) is 5.97 Å². The maximum Gasteiger partial charge on any atom is 0.332 e. The first kappa shape index (κ1) is 9.83. The second-order valence-corrected chi connectivity index (χ2v) is 3.26. The van der Waals surface area contributed by atoms with Crippen LogP contribution in [0.5, 0.6) is 5.75 Å². The van der Waals surface area contributed by atoms with Crippen molar-refractivity contribution in [3.63, 3.8) is 0 Å². The van der Waals surface area contributed by atoms with Gasteiger partial charge in [-0.15, -0.1) is 0 Å². The summed E-state index contributed by atoms with van der Waals surface area (Å²) in [5.74, 6) is 0.505. The van der Waals surface area contributed by atoms with Crippen molar-refractivity contribution in [2.45, 2.75) is 13.0 Å². The Labute approximate surface area is 88.2 Å². The van der Waals surface area contributed by atoms with E-state index in [2.05, 4.69) is 5.32 Å². The lowest BCUT2D eigenvalue weighted by molar-refractivity contribution is -0.144. The molecule has 0 radical (unpaired) electrons. The Morgan fingerprint density at radius 2 is 2.40 bits per heavy atom. The number of para-hydroxylation sites is 2. The Bertz CT molecular complexity index is 365. The van der Waals surface area contributed by atoms with Crippen LogP contribution in [0.3, 0.4) is 0 Å². The predicted octanol–water partition coefficient (Wildman–Crippen LogP) is 1.42. The molecular formula is C11H13NO3. The van der Waals surface area contributed by atoms with Crippen LogP contribution >= 0.6 is 0 Å². The van der Waals surface area contributed by atoms with E-state index in [9.17, 15) is 4.79 Å². The summed E-state index contributed by atoms with van der Waals surface area (Å²) in [6.07, 6.45) is 0. The van der Waals surface area contributed by atoms with E-state index in [1.54, 1.807) is 6.92 Å². The van der Waals surface area contributed by atoms with Crippen molar-refractivity contribution in [1.82, 2.24) is 0 Å². The summed E-state index contributed by atoms with van der Waals surface area (Å²) in [7, 11) is 0. The zero-order valence-corrected chi connectivity index (χ0v) is 8.53. The lowest BCUT2D eigenvalue weighted by atomic mass is 10.2. The average Bonchev–Trinajstić information content (AvgIpc) is 2.29. The highest BCUT2D eigenvalue weighted by Gasteiger charge is 2.25. The fourth-order valence-electron chi connectivity index (χ4n) is 1.48. The Kier molecular flexibility index (Phi) is 2.76. The summed E-state index contributed by atoms with van der Waals surface area (Å²) in [5, 5.41) is 3.08. The van der Waals surface area contributed by atoms with Gasteiger partial charge in [0.25, 0.3) is 0 Å². The van der Waals surface area contributed by atoms with Gasteiger partial charge in [0.15, 0.2) is 6.04 Å². The smallest absolute Gasteiger partial charge is 0.332 e. The van der Waals surface area contributed by atoms with Crippen LogP contribution in [0, 0.1) is 0 Å². The molecule has 1 heterocycles. The molecule has 4 heteroatoms. The first-order valence-corrected chi connectivity index (χ1v) is 4.96. The Morgan fingerprint density at radius 3 is 3.20 bits per heavy atom. The van der Waals surface area contributed by atoms with Crippen LogP contribution in [0.2, 0.25) is 0 Å². The number of benzene rings is 1. The molecule has 0 bridgehead atoms. The van der Waals surface area contributed by atoms with Gasteiger partial charge in [-0.25, -0.2) is 4.79 Å². The summed E-state index contributed by atoms with van der Waals surface area (Å²) in [4.78, 5) is 11.4. The number of ether oxygens (including phenoxy) is 2. The van der Waals surface area contributed by atoms with Crippen LogP contribution < -0.4 is 10.1 Å². The number of hydrogen-bond donors (Lipinski definition) is 1. The minimum Gasteiger partial charge on any atom is -0.489 e. The first-order valence-electron chi connectivity index (χ1n) is 4.96. The van der Waals surface area contributed by atoms with Gasteiger partial charge in [0.1, 0.15) is 12.4 Å². The standard InChI is InChI=1S/C11H13NO3/c1-2-14-11(13)9-7-15-10-6-4-3-5-8(10)12-9/h3-6,9,12H,2,7H2,1H3/t9-/m1/s1. The number of carbonyl (C=O) groups excluding carboxylic acids is 1. The quantitative estimate of drug-likeness (QED) is 0.745. The minimum absolute atomic E-state index is 0.271. The van der Waals surface area contributed by atoms with Gasteiger partial charge in [0.2, 0.25) is 0 Å². The molecule has 1 aromatic carbocycles. The van der Waals surface area contributed by atoms with Gasteiger partial charge in [-0.3, -0.25) is 0 Å². The normalized spacial score (nSPS) is 18.3. The summed E-state index contributed by atoms with van der Waals surface area (Å²) >= 11 is 0. The van der Waals surface area contributed by atoms with Crippen molar-refractivity contribution in [1.29, 1.82) is 0 Å². The molecule has 1 aliphatic heterocycles. The Morgan fingerprint density at radius 1 is 1.60 bits per heavy atom. The SMILES string of the molecule is CCOC(=O)[C@H]1COc2ccccc2N1. The summed E-state index contributed by atoms with van der Waals surface area (Å²) < 4.78 is 10.4. The number of carbonyl (C=O) groups is 1. The number of rotatable bonds is 2. The Hall–Kier alpha value is -1.71. The zero-order valence-electron chi connectivity index (χ0n) is 8.53. The minimum atomic E-state index is -0.403. The highest BCUT2D eigenvalue weighted by molar-refractivity contribution is 5.81. The number of fused-ring (bicyclic) bond motifs is 1. The molecule has 1 N–H and O–H groups in total. The molecule has 80 valence electrons. The maximum absolute atomic E-state index is 11.4. The molecule has 0 amide bonds. The Balaban J connectivity index is 2.08. The van der Waals surface area contributed by atoms with E-state index in [1.807, 2.05) is 24.3 Å². The highest BCUT2D eigenvalue weighted by Crippen LogP contribution is 2.28. The fraction of sp³-hybridized carbons (Fsp3) is 0.364. The molecule has 0 saturated heterocycles. The topological polar surface area (TPSA) is 47.6 Å². The lowest BCUT2D eigenvalue weighted by Gasteiger charge is -2.25.